The van der Waals surface area contributed by atoms with Crippen LogP contribution in [0.25, 0.3) is 11.3 Å². The lowest BCUT2D eigenvalue weighted by Crippen LogP contribution is -2.47. The Hall–Kier alpha value is -4.17. The highest BCUT2D eigenvalue weighted by Crippen LogP contribution is 2.31. The molecule has 234 valence electrons. The molecule has 0 spiro atoms. The lowest BCUT2D eigenvalue weighted by molar-refractivity contribution is -0.127. The number of ether oxygens (including phenoxy) is 1. The minimum atomic E-state index is -1.38. The standard InChI is InChI=1S/C29H29ClF4N6O4/c1-39-22(18-4-5-23(44-14-31)25(34)24(18)33)13-36-26(39)28(42)37-16-2-3-17(19(30)10-16)29(43)40-8-6-15(7-9-40)27(41)38-21-12-35-11-20(21)32/h2-5,10,13,15,20-21,35H,6-9,11-12,14H2,1H3,(H,37,42)(H,38,41)/t20-,21+/m1/s1. The molecule has 15 heteroatoms. The monoisotopic (exact) mass is 636 g/mol. The fourth-order valence-corrected chi connectivity index (χ4v) is 5.59. The van der Waals surface area contributed by atoms with Crippen molar-refractivity contribution >= 4 is 35.0 Å². The molecule has 1 aromatic heterocycles. The number of hydrogen-bond donors (Lipinski definition) is 3. The van der Waals surface area contributed by atoms with E-state index >= 15 is 0 Å². The Morgan fingerprint density at radius 3 is 2.52 bits per heavy atom. The van der Waals surface area contributed by atoms with E-state index in [4.69, 9.17) is 11.6 Å². The van der Waals surface area contributed by atoms with Crippen molar-refractivity contribution < 1.29 is 36.7 Å². The largest absolute Gasteiger partial charge is 0.460 e. The van der Waals surface area contributed by atoms with Crippen LogP contribution in [0.3, 0.4) is 0 Å². The van der Waals surface area contributed by atoms with E-state index in [1.165, 1.54) is 42.1 Å². The van der Waals surface area contributed by atoms with Gasteiger partial charge in [0.1, 0.15) is 6.17 Å². The lowest BCUT2D eigenvalue weighted by Gasteiger charge is -2.32. The average molecular weight is 637 g/mol. The van der Waals surface area contributed by atoms with Gasteiger partial charge in [0.25, 0.3) is 11.8 Å². The highest BCUT2D eigenvalue weighted by atomic mass is 35.5. The van der Waals surface area contributed by atoms with E-state index in [0.29, 0.717) is 32.5 Å². The summed E-state index contributed by atoms with van der Waals surface area (Å²) in [6.45, 7) is -0.0791. The molecule has 10 nitrogen and oxygen atoms in total. The topological polar surface area (TPSA) is 118 Å². The predicted octanol–water partition coefficient (Wildman–Crippen LogP) is 3.86. The summed E-state index contributed by atoms with van der Waals surface area (Å²) in [7, 11) is 1.44. The van der Waals surface area contributed by atoms with E-state index in [-0.39, 0.29) is 57.6 Å². The van der Waals surface area contributed by atoms with Crippen LogP contribution in [0.15, 0.2) is 36.5 Å². The molecule has 0 radical (unpaired) electrons. The van der Waals surface area contributed by atoms with E-state index in [1.807, 2.05) is 0 Å². The summed E-state index contributed by atoms with van der Waals surface area (Å²) in [4.78, 5) is 44.3. The second-order valence-corrected chi connectivity index (χ2v) is 10.9. The van der Waals surface area contributed by atoms with Crippen LogP contribution in [-0.2, 0) is 11.8 Å². The summed E-state index contributed by atoms with van der Waals surface area (Å²) in [6.07, 6.45) is 0.922. The fraction of sp³-hybridized carbons (Fsp3) is 0.379. The maximum absolute atomic E-state index is 14.6. The Morgan fingerprint density at radius 2 is 1.86 bits per heavy atom. The normalized spacial score (nSPS) is 18.7. The van der Waals surface area contributed by atoms with Gasteiger partial charge in [0, 0.05) is 50.4 Å². The molecule has 0 unspecified atom stereocenters. The van der Waals surface area contributed by atoms with E-state index in [1.54, 1.807) is 4.90 Å². The molecule has 3 aromatic rings. The molecule has 3 N–H and O–H groups in total. The molecule has 0 bridgehead atoms. The zero-order chi connectivity index (χ0) is 31.5. The molecule has 2 fully saturated rings. The molecule has 2 aromatic carbocycles. The third-order valence-electron chi connectivity index (χ3n) is 7.80. The maximum Gasteiger partial charge on any atom is 0.291 e. The van der Waals surface area contributed by atoms with Gasteiger partial charge in [-0.15, -0.1) is 0 Å². The number of anilines is 1. The van der Waals surface area contributed by atoms with Crippen LogP contribution < -0.4 is 20.7 Å². The molecule has 2 aliphatic heterocycles. The lowest BCUT2D eigenvalue weighted by atomic mass is 9.95. The van der Waals surface area contributed by atoms with Gasteiger partial charge in [-0.1, -0.05) is 11.6 Å². The molecule has 44 heavy (non-hydrogen) atoms. The number of piperidine rings is 1. The van der Waals surface area contributed by atoms with Crippen LogP contribution in [0.5, 0.6) is 5.75 Å². The van der Waals surface area contributed by atoms with Gasteiger partial charge in [-0.2, -0.15) is 4.39 Å². The third-order valence-corrected chi connectivity index (χ3v) is 8.12. The second-order valence-electron chi connectivity index (χ2n) is 10.5. The summed E-state index contributed by atoms with van der Waals surface area (Å²) in [5, 5.41) is 8.35. The van der Waals surface area contributed by atoms with Crippen molar-refractivity contribution in [1.29, 1.82) is 0 Å². The zero-order valence-electron chi connectivity index (χ0n) is 23.5. The minimum Gasteiger partial charge on any atom is -0.460 e. The van der Waals surface area contributed by atoms with Crippen LogP contribution in [0.4, 0.5) is 23.2 Å². The number of benzene rings is 2. The smallest absolute Gasteiger partial charge is 0.291 e. The Bertz CT molecular complexity index is 1580. The number of alkyl halides is 2. The maximum atomic E-state index is 14.6. The first-order valence-electron chi connectivity index (χ1n) is 13.8. The van der Waals surface area contributed by atoms with Crippen LogP contribution in [0, 0.1) is 17.6 Å². The van der Waals surface area contributed by atoms with E-state index in [2.05, 4.69) is 25.7 Å². The number of amides is 3. The minimum absolute atomic E-state index is 0.0840. The first kappa shape index (κ1) is 31.3. The Balaban J connectivity index is 1.20. The Morgan fingerprint density at radius 1 is 1.11 bits per heavy atom. The molecular formula is C29H29ClF4N6O4. The van der Waals surface area contributed by atoms with Gasteiger partial charge >= 0.3 is 0 Å². The van der Waals surface area contributed by atoms with Crippen molar-refractivity contribution in [2.45, 2.75) is 25.1 Å². The van der Waals surface area contributed by atoms with Crippen molar-refractivity contribution in [1.82, 2.24) is 25.1 Å². The van der Waals surface area contributed by atoms with Gasteiger partial charge < -0.3 is 30.2 Å². The summed E-state index contributed by atoms with van der Waals surface area (Å²) in [5.74, 6) is -4.93. The first-order chi connectivity index (χ1) is 21.1. The van der Waals surface area contributed by atoms with Crippen molar-refractivity contribution in [3.63, 3.8) is 0 Å². The van der Waals surface area contributed by atoms with Crippen LogP contribution >= 0.6 is 11.6 Å². The molecule has 3 heterocycles. The van der Waals surface area contributed by atoms with Crippen LogP contribution in [-0.4, -0.2) is 77.4 Å². The van der Waals surface area contributed by atoms with E-state index in [0.717, 1.165) is 6.07 Å². The molecule has 0 aliphatic carbocycles. The van der Waals surface area contributed by atoms with Crippen molar-refractivity contribution in [3.05, 3.63) is 64.6 Å². The Labute approximate surface area is 254 Å². The number of imidazole rings is 1. The first-order valence-corrected chi connectivity index (χ1v) is 14.2. The van der Waals surface area contributed by atoms with E-state index < -0.39 is 42.4 Å². The van der Waals surface area contributed by atoms with Gasteiger partial charge in [-0.05, 0) is 43.2 Å². The number of carbonyl (C=O) groups excluding carboxylic acids is 3. The van der Waals surface area contributed by atoms with Gasteiger partial charge in [-0.25, -0.2) is 18.2 Å². The number of carbonyl (C=O) groups is 3. The second kappa shape index (κ2) is 13.2. The number of hydrogen-bond acceptors (Lipinski definition) is 6. The molecule has 2 saturated heterocycles. The molecule has 3 amide bonds. The summed E-state index contributed by atoms with van der Waals surface area (Å²) < 4.78 is 60.8. The number of likely N-dealkylation sites (tertiary alicyclic amines) is 1. The molecule has 0 saturated carbocycles. The van der Waals surface area contributed by atoms with Crippen molar-refractivity contribution in [3.8, 4) is 17.0 Å². The Kier molecular flexibility index (Phi) is 9.39. The van der Waals surface area contributed by atoms with Gasteiger partial charge in [-0.3, -0.25) is 14.4 Å². The quantitative estimate of drug-likeness (QED) is 0.324. The molecule has 2 aliphatic rings. The SMILES string of the molecule is Cn1c(-c2ccc(OCF)c(F)c2F)cnc1C(=O)Nc1ccc(C(=O)N2CCC(C(=O)N[C@H]3CNC[C@H]3F)CC2)c(Cl)c1. The van der Waals surface area contributed by atoms with Gasteiger partial charge in [0.2, 0.25) is 18.6 Å². The molecule has 2 atom stereocenters. The predicted molar refractivity (Wildman–Crippen MR) is 153 cm³/mol. The average Bonchev–Trinajstić information content (AvgIpc) is 3.60. The highest BCUT2D eigenvalue weighted by Gasteiger charge is 2.33. The number of aromatic nitrogens is 2. The summed E-state index contributed by atoms with van der Waals surface area (Å²) in [5.41, 5.74) is 0.342. The van der Waals surface area contributed by atoms with Gasteiger partial charge in [0.05, 0.1) is 28.5 Å². The van der Waals surface area contributed by atoms with Crippen LogP contribution in [0.1, 0.15) is 33.8 Å². The van der Waals surface area contributed by atoms with Crippen molar-refractivity contribution in [2.24, 2.45) is 13.0 Å². The van der Waals surface area contributed by atoms with Crippen LogP contribution in [0.2, 0.25) is 5.02 Å². The highest BCUT2D eigenvalue weighted by molar-refractivity contribution is 6.34. The fourth-order valence-electron chi connectivity index (χ4n) is 5.33. The van der Waals surface area contributed by atoms with Gasteiger partial charge in [0.15, 0.2) is 17.4 Å². The number of nitrogens with zero attached hydrogens (tertiary/aromatic N) is 3. The summed E-state index contributed by atoms with van der Waals surface area (Å²) >= 11 is 6.41. The third kappa shape index (κ3) is 6.36. The van der Waals surface area contributed by atoms with E-state index in [9.17, 15) is 31.9 Å². The number of halogens is 5. The zero-order valence-corrected chi connectivity index (χ0v) is 24.3. The summed E-state index contributed by atoms with van der Waals surface area (Å²) in [6, 6.07) is 6.07. The van der Waals surface area contributed by atoms with Crippen molar-refractivity contribution in [2.75, 3.05) is 38.4 Å². The number of nitrogens with one attached hydrogen (secondary N) is 3. The number of rotatable bonds is 8. The molecular weight excluding hydrogens is 608 g/mol. The molecule has 5 rings (SSSR count).